The molecule has 0 unspecified atom stereocenters. The van der Waals surface area contributed by atoms with Crippen LogP contribution >= 0.6 is 0 Å². The second-order valence-corrected chi connectivity index (χ2v) is 4.56. The topological polar surface area (TPSA) is 56.9 Å². The Hall–Kier alpha value is -1.66. The smallest absolute Gasteiger partial charge is 0.0852 e. The van der Waals surface area contributed by atoms with E-state index in [1.54, 1.807) is 11.8 Å². The van der Waals surface area contributed by atoms with Crippen LogP contribution in [0.15, 0.2) is 18.5 Å². The summed E-state index contributed by atoms with van der Waals surface area (Å²) in [6, 6.07) is 2.01. The molecule has 0 spiro atoms. The minimum atomic E-state index is 0.713. The normalized spacial score (nSPS) is 11.1. The summed E-state index contributed by atoms with van der Waals surface area (Å²) in [4.78, 5) is 0. The van der Waals surface area contributed by atoms with E-state index in [0.717, 1.165) is 25.4 Å². The highest BCUT2D eigenvalue weighted by molar-refractivity contribution is 5.17. The largest absolute Gasteiger partial charge is 0.383 e. The predicted octanol–water partition coefficient (Wildman–Crippen LogP) is 0.709. The van der Waals surface area contributed by atoms with Gasteiger partial charge in [-0.25, -0.2) is 0 Å². The zero-order chi connectivity index (χ0) is 13.7. The molecule has 0 amide bonds. The highest BCUT2D eigenvalue weighted by Crippen LogP contribution is 2.09. The third-order valence-corrected chi connectivity index (χ3v) is 3.08. The quantitative estimate of drug-likeness (QED) is 0.748. The molecule has 0 atom stereocenters. The standard InChI is InChI=1S/C13H21N5O/c1-11-12(8-14-5-7-19-3)9-15-18(11)10-13-4-6-17(2)16-13/h4,6,9,14H,5,7-8,10H2,1-3H3. The molecule has 0 fully saturated rings. The molecular formula is C13H21N5O. The Kier molecular flexibility index (Phi) is 4.70. The third-order valence-electron chi connectivity index (χ3n) is 3.08. The van der Waals surface area contributed by atoms with Crippen molar-refractivity contribution >= 4 is 0 Å². The number of aryl methyl sites for hydroxylation is 1. The van der Waals surface area contributed by atoms with Gasteiger partial charge in [0.1, 0.15) is 0 Å². The average Bonchev–Trinajstić information content (AvgIpc) is 2.95. The molecule has 2 aromatic heterocycles. The van der Waals surface area contributed by atoms with Crippen LogP contribution in [0.2, 0.25) is 0 Å². The fourth-order valence-corrected chi connectivity index (χ4v) is 1.92. The van der Waals surface area contributed by atoms with Gasteiger partial charge in [-0.15, -0.1) is 0 Å². The van der Waals surface area contributed by atoms with Gasteiger partial charge < -0.3 is 10.1 Å². The first-order valence-electron chi connectivity index (χ1n) is 6.40. The van der Waals surface area contributed by atoms with Crippen molar-refractivity contribution < 1.29 is 4.74 Å². The second kappa shape index (κ2) is 6.49. The molecule has 6 heteroatoms. The van der Waals surface area contributed by atoms with Gasteiger partial charge in [-0.1, -0.05) is 0 Å². The average molecular weight is 263 g/mol. The molecule has 6 nitrogen and oxygen atoms in total. The van der Waals surface area contributed by atoms with Crippen molar-refractivity contribution in [1.82, 2.24) is 24.9 Å². The number of nitrogens with one attached hydrogen (secondary N) is 1. The Morgan fingerprint density at radius 3 is 2.95 bits per heavy atom. The fourth-order valence-electron chi connectivity index (χ4n) is 1.92. The fraction of sp³-hybridized carbons (Fsp3) is 0.538. The lowest BCUT2D eigenvalue weighted by Gasteiger charge is -2.05. The molecule has 0 aliphatic heterocycles. The summed E-state index contributed by atoms with van der Waals surface area (Å²) in [5.74, 6) is 0. The van der Waals surface area contributed by atoms with E-state index in [1.807, 2.05) is 30.2 Å². The summed E-state index contributed by atoms with van der Waals surface area (Å²) in [5, 5.41) is 12.1. The number of aromatic nitrogens is 4. The number of methoxy groups -OCH3 is 1. The Labute approximate surface area is 113 Å². The first-order chi connectivity index (χ1) is 9.20. The molecule has 0 bridgehead atoms. The maximum Gasteiger partial charge on any atom is 0.0852 e. The second-order valence-electron chi connectivity index (χ2n) is 4.56. The summed E-state index contributed by atoms with van der Waals surface area (Å²) in [6.07, 6.45) is 3.86. The lowest BCUT2D eigenvalue weighted by atomic mass is 10.2. The minimum absolute atomic E-state index is 0.713. The van der Waals surface area contributed by atoms with Crippen molar-refractivity contribution in [1.29, 1.82) is 0 Å². The Balaban J connectivity index is 1.94. The van der Waals surface area contributed by atoms with E-state index in [4.69, 9.17) is 4.74 Å². The summed E-state index contributed by atoms with van der Waals surface area (Å²) >= 11 is 0. The maximum atomic E-state index is 5.00. The summed E-state index contributed by atoms with van der Waals surface area (Å²) < 4.78 is 8.79. The van der Waals surface area contributed by atoms with E-state index < -0.39 is 0 Å². The molecule has 1 N–H and O–H groups in total. The maximum absolute atomic E-state index is 5.00. The summed E-state index contributed by atoms with van der Waals surface area (Å²) in [5.41, 5.74) is 3.41. The number of nitrogens with zero attached hydrogens (tertiary/aromatic N) is 4. The van der Waals surface area contributed by atoms with Gasteiger partial charge in [0.25, 0.3) is 0 Å². The highest BCUT2D eigenvalue weighted by Gasteiger charge is 2.07. The number of hydrogen-bond acceptors (Lipinski definition) is 4. The van der Waals surface area contributed by atoms with Crippen LogP contribution in [0.1, 0.15) is 17.0 Å². The van der Waals surface area contributed by atoms with Gasteiger partial charge in [-0.2, -0.15) is 10.2 Å². The van der Waals surface area contributed by atoms with Gasteiger partial charge in [0.15, 0.2) is 0 Å². The molecular weight excluding hydrogens is 242 g/mol. The molecule has 104 valence electrons. The molecule has 0 aliphatic rings. The molecule has 0 aliphatic carbocycles. The number of ether oxygens (including phenoxy) is 1. The Bertz CT molecular complexity index is 517. The van der Waals surface area contributed by atoms with Crippen LogP contribution < -0.4 is 5.32 Å². The third kappa shape index (κ3) is 3.65. The van der Waals surface area contributed by atoms with E-state index in [-0.39, 0.29) is 0 Å². The van der Waals surface area contributed by atoms with E-state index in [0.29, 0.717) is 6.54 Å². The van der Waals surface area contributed by atoms with Gasteiger partial charge in [-0.05, 0) is 13.0 Å². The van der Waals surface area contributed by atoms with Gasteiger partial charge in [0.05, 0.1) is 25.0 Å². The van der Waals surface area contributed by atoms with Gasteiger partial charge >= 0.3 is 0 Å². The van der Waals surface area contributed by atoms with Crippen molar-refractivity contribution in [2.24, 2.45) is 7.05 Å². The lowest BCUT2D eigenvalue weighted by molar-refractivity contribution is 0.199. The SMILES string of the molecule is COCCNCc1cnn(Cc2ccn(C)n2)c1C. The molecule has 2 aromatic rings. The van der Waals surface area contributed by atoms with E-state index in [2.05, 4.69) is 22.4 Å². The van der Waals surface area contributed by atoms with E-state index >= 15 is 0 Å². The van der Waals surface area contributed by atoms with Gasteiger partial charge in [-0.3, -0.25) is 9.36 Å². The zero-order valence-electron chi connectivity index (χ0n) is 11.8. The van der Waals surface area contributed by atoms with Crippen LogP contribution in [0.3, 0.4) is 0 Å². The van der Waals surface area contributed by atoms with Crippen molar-refractivity contribution in [3.63, 3.8) is 0 Å². The molecule has 19 heavy (non-hydrogen) atoms. The molecule has 0 saturated carbocycles. The predicted molar refractivity (Wildman–Crippen MR) is 72.9 cm³/mol. The van der Waals surface area contributed by atoms with Crippen LogP contribution in [0.5, 0.6) is 0 Å². The first kappa shape index (κ1) is 13.8. The first-order valence-corrected chi connectivity index (χ1v) is 6.40. The lowest BCUT2D eigenvalue weighted by Crippen LogP contribution is -2.19. The van der Waals surface area contributed by atoms with Crippen LogP contribution in [0.4, 0.5) is 0 Å². The van der Waals surface area contributed by atoms with Crippen molar-refractivity contribution in [3.8, 4) is 0 Å². The van der Waals surface area contributed by atoms with Crippen LogP contribution in [-0.2, 0) is 24.9 Å². The van der Waals surface area contributed by atoms with Gasteiger partial charge in [0.2, 0.25) is 0 Å². The van der Waals surface area contributed by atoms with Crippen molar-refractivity contribution in [2.75, 3.05) is 20.3 Å². The number of rotatable bonds is 7. The molecule has 0 radical (unpaired) electrons. The van der Waals surface area contributed by atoms with Crippen molar-refractivity contribution in [2.45, 2.75) is 20.0 Å². The van der Waals surface area contributed by atoms with Crippen LogP contribution in [0.25, 0.3) is 0 Å². The molecule has 0 saturated heterocycles. The van der Waals surface area contributed by atoms with Crippen molar-refractivity contribution in [3.05, 3.63) is 35.4 Å². The monoisotopic (exact) mass is 263 g/mol. The minimum Gasteiger partial charge on any atom is -0.383 e. The Morgan fingerprint density at radius 1 is 1.42 bits per heavy atom. The van der Waals surface area contributed by atoms with Crippen LogP contribution in [0, 0.1) is 6.92 Å². The van der Waals surface area contributed by atoms with Crippen LogP contribution in [-0.4, -0.2) is 39.8 Å². The van der Waals surface area contributed by atoms with E-state index in [9.17, 15) is 0 Å². The molecule has 2 rings (SSSR count). The highest BCUT2D eigenvalue weighted by atomic mass is 16.5. The molecule has 2 heterocycles. The number of hydrogen-bond donors (Lipinski definition) is 1. The summed E-state index contributed by atoms with van der Waals surface area (Å²) in [7, 11) is 3.63. The zero-order valence-corrected chi connectivity index (χ0v) is 11.8. The molecule has 0 aromatic carbocycles. The summed E-state index contributed by atoms with van der Waals surface area (Å²) in [6.45, 7) is 5.19. The van der Waals surface area contributed by atoms with Gasteiger partial charge in [0, 0.05) is 44.7 Å². The Morgan fingerprint density at radius 2 is 2.26 bits per heavy atom. The van der Waals surface area contributed by atoms with E-state index in [1.165, 1.54) is 11.3 Å².